The number of phenolic OH excluding ortho intramolecular Hbond substituents is 1. The number of methoxy groups -OCH3 is 1. The van der Waals surface area contributed by atoms with Crippen LogP contribution in [0.1, 0.15) is 32.3 Å². The summed E-state index contributed by atoms with van der Waals surface area (Å²) in [6, 6.07) is 6.07. The van der Waals surface area contributed by atoms with E-state index in [4.69, 9.17) is 4.74 Å². The lowest BCUT2D eigenvalue weighted by Crippen LogP contribution is -2.27. The third-order valence-electron chi connectivity index (χ3n) is 2.87. The van der Waals surface area contributed by atoms with E-state index in [1.807, 2.05) is 12.1 Å². The lowest BCUT2D eigenvalue weighted by molar-refractivity contribution is 0.368. The molecule has 0 radical (unpaired) electrons. The van der Waals surface area contributed by atoms with Gasteiger partial charge in [0.05, 0.1) is 7.11 Å². The summed E-state index contributed by atoms with van der Waals surface area (Å²) in [6.07, 6.45) is 2.20. The Morgan fingerprint density at radius 2 is 2.00 bits per heavy atom. The van der Waals surface area contributed by atoms with Crippen molar-refractivity contribution in [1.82, 2.24) is 5.32 Å². The van der Waals surface area contributed by atoms with Crippen LogP contribution in [-0.2, 0) is 6.54 Å². The first-order chi connectivity index (χ1) is 7.72. The first-order valence-corrected chi connectivity index (χ1v) is 5.81. The summed E-state index contributed by atoms with van der Waals surface area (Å²) in [6.45, 7) is 4.99. The van der Waals surface area contributed by atoms with Gasteiger partial charge in [-0.25, -0.2) is 0 Å². The predicted molar refractivity (Wildman–Crippen MR) is 65.9 cm³/mol. The molecule has 1 rings (SSSR count). The van der Waals surface area contributed by atoms with Gasteiger partial charge >= 0.3 is 0 Å². The van der Waals surface area contributed by atoms with Crippen molar-refractivity contribution >= 4 is 0 Å². The second kappa shape index (κ2) is 6.38. The maximum Gasteiger partial charge on any atom is 0.162 e. The fourth-order valence-electron chi connectivity index (χ4n) is 1.71. The van der Waals surface area contributed by atoms with Crippen molar-refractivity contribution in [2.24, 2.45) is 0 Å². The Balaban J connectivity index is 2.66. The monoisotopic (exact) mass is 223 g/mol. The SMILES string of the molecule is CCC(CC)NCc1cccc(OC)c1O. The minimum atomic E-state index is 0.239. The third-order valence-corrected chi connectivity index (χ3v) is 2.87. The van der Waals surface area contributed by atoms with Gasteiger partial charge in [0.1, 0.15) is 0 Å². The zero-order chi connectivity index (χ0) is 12.0. The van der Waals surface area contributed by atoms with Crippen molar-refractivity contribution in [3.8, 4) is 11.5 Å². The summed E-state index contributed by atoms with van der Waals surface area (Å²) in [7, 11) is 1.56. The van der Waals surface area contributed by atoms with Gasteiger partial charge in [0.25, 0.3) is 0 Å². The molecule has 1 aromatic rings. The minimum Gasteiger partial charge on any atom is -0.504 e. The van der Waals surface area contributed by atoms with E-state index in [2.05, 4.69) is 19.2 Å². The fourth-order valence-corrected chi connectivity index (χ4v) is 1.71. The number of hydrogen-bond donors (Lipinski definition) is 2. The Hall–Kier alpha value is -1.22. The Morgan fingerprint density at radius 1 is 1.31 bits per heavy atom. The molecule has 16 heavy (non-hydrogen) atoms. The van der Waals surface area contributed by atoms with Crippen LogP contribution in [0.5, 0.6) is 11.5 Å². The van der Waals surface area contributed by atoms with E-state index in [-0.39, 0.29) is 5.75 Å². The Labute approximate surface area is 97.4 Å². The maximum absolute atomic E-state index is 9.88. The largest absolute Gasteiger partial charge is 0.504 e. The molecule has 3 heteroatoms. The number of nitrogens with one attached hydrogen (secondary N) is 1. The molecule has 0 spiro atoms. The van der Waals surface area contributed by atoms with Gasteiger partial charge < -0.3 is 15.2 Å². The summed E-state index contributed by atoms with van der Waals surface area (Å²) >= 11 is 0. The molecule has 0 heterocycles. The van der Waals surface area contributed by atoms with Crippen molar-refractivity contribution in [2.45, 2.75) is 39.3 Å². The van der Waals surface area contributed by atoms with Gasteiger partial charge in [-0.1, -0.05) is 26.0 Å². The quantitative estimate of drug-likeness (QED) is 0.779. The van der Waals surface area contributed by atoms with Gasteiger partial charge in [-0.15, -0.1) is 0 Å². The van der Waals surface area contributed by atoms with Gasteiger partial charge in [-0.3, -0.25) is 0 Å². The highest BCUT2D eigenvalue weighted by atomic mass is 16.5. The zero-order valence-electron chi connectivity index (χ0n) is 10.3. The third kappa shape index (κ3) is 3.14. The van der Waals surface area contributed by atoms with Crippen LogP contribution in [0.4, 0.5) is 0 Å². The number of rotatable bonds is 6. The normalized spacial score (nSPS) is 10.8. The van der Waals surface area contributed by atoms with Crippen molar-refractivity contribution in [3.63, 3.8) is 0 Å². The van der Waals surface area contributed by atoms with Crippen LogP contribution in [0.2, 0.25) is 0 Å². The molecule has 0 bridgehead atoms. The van der Waals surface area contributed by atoms with Crippen LogP contribution in [0.3, 0.4) is 0 Å². The van der Waals surface area contributed by atoms with E-state index in [1.54, 1.807) is 13.2 Å². The highest BCUT2D eigenvalue weighted by Crippen LogP contribution is 2.29. The summed E-state index contributed by atoms with van der Waals surface area (Å²) in [5.41, 5.74) is 0.881. The second-order valence-corrected chi connectivity index (χ2v) is 3.86. The van der Waals surface area contributed by atoms with Crippen LogP contribution < -0.4 is 10.1 Å². The van der Waals surface area contributed by atoms with Crippen molar-refractivity contribution in [2.75, 3.05) is 7.11 Å². The predicted octanol–water partition coefficient (Wildman–Crippen LogP) is 2.68. The average Bonchev–Trinajstić information content (AvgIpc) is 2.32. The van der Waals surface area contributed by atoms with Crippen LogP contribution in [0.15, 0.2) is 18.2 Å². The first kappa shape index (κ1) is 12.8. The number of aromatic hydroxyl groups is 1. The van der Waals surface area contributed by atoms with Crippen molar-refractivity contribution in [3.05, 3.63) is 23.8 Å². The van der Waals surface area contributed by atoms with Crippen LogP contribution >= 0.6 is 0 Å². The molecule has 0 aliphatic rings. The van der Waals surface area contributed by atoms with Gasteiger partial charge in [0.2, 0.25) is 0 Å². The molecule has 1 aromatic carbocycles. The molecule has 0 unspecified atom stereocenters. The smallest absolute Gasteiger partial charge is 0.162 e. The summed E-state index contributed by atoms with van der Waals surface area (Å²) in [5, 5.41) is 13.3. The zero-order valence-corrected chi connectivity index (χ0v) is 10.3. The molecule has 0 amide bonds. The van der Waals surface area contributed by atoms with Crippen molar-refractivity contribution in [1.29, 1.82) is 0 Å². The van der Waals surface area contributed by atoms with Gasteiger partial charge in [0, 0.05) is 18.2 Å². The Bertz CT molecular complexity index is 322. The fraction of sp³-hybridized carbons (Fsp3) is 0.538. The summed E-state index contributed by atoms with van der Waals surface area (Å²) in [5.74, 6) is 0.771. The highest BCUT2D eigenvalue weighted by Gasteiger charge is 2.08. The second-order valence-electron chi connectivity index (χ2n) is 3.86. The van der Waals surface area contributed by atoms with E-state index in [1.165, 1.54) is 0 Å². The van der Waals surface area contributed by atoms with E-state index in [0.717, 1.165) is 18.4 Å². The standard InChI is InChI=1S/C13H21NO2/c1-4-11(5-2)14-9-10-7-6-8-12(16-3)13(10)15/h6-8,11,14-15H,4-5,9H2,1-3H3. The Kier molecular flexibility index (Phi) is 5.12. The molecular weight excluding hydrogens is 202 g/mol. The van der Waals surface area contributed by atoms with Gasteiger partial charge in [0.15, 0.2) is 11.5 Å². The van der Waals surface area contributed by atoms with Gasteiger partial charge in [-0.05, 0) is 18.9 Å². The topological polar surface area (TPSA) is 41.5 Å². The molecule has 0 aliphatic heterocycles. The summed E-state index contributed by atoms with van der Waals surface area (Å²) in [4.78, 5) is 0. The first-order valence-electron chi connectivity index (χ1n) is 5.81. The minimum absolute atomic E-state index is 0.239. The number of para-hydroxylation sites is 1. The van der Waals surface area contributed by atoms with E-state index < -0.39 is 0 Å². The molecule has 2 N–H and O–H groups in total. The number of phenols is 1. The van der Waals surface area contributed by atoms with Crippen LogP contribution in [0, 0.1) is 0 Å². The number of hydrogen-bond acceptors (Lipinski definition) is 3. The van der Waals surface area contributed by atoms with Crippen LogP contribution in [0.25, 0.3) is 0 Å². The molecular formula is C13H21NO2. The lowest BCUT2D eigenvalue weighted by Gasteiger charge is -2.15. The van der Waals surface area contributed by atoms with Crippen LogP contribution in [-0.4, -0.2) is 18.3 Å². The molecule has 0 fully saturated rings. The maximum atomic E-state index is 9.88. The molecule has 90 valence electrons. The van der Waals surface area contributed by atoms with E-state index in [9.17, 15) is 5.11 Å². The number of benzene rings is 1. The lowest BCUT2D eigenvalue weighted by atomic mass is 10.1. The van der Waals surface area contributed by atoms with E-state index >= 15 is 0 Å². The van der Waals surface area contributed by atoms with E-state index in [0.29, 0.717) is 18.3 Å². The van der Waals surface area contributed by atoms with Crippen molar-refractivity contribution < 1.29 is 9.84 Å². The Morgan fingerprint density at radius 3 is 2.56 bits per heavy atom. The molecule has 0 saturated carbocycles. The average molecular weight is 223 g/mol. The molecule has 0 saturated heterocycles. The molecule has 3 nitrogen and oxygen atoms in total. The molecule has 0 atom stereocenters. The molecule has 0 aromatic heterocycles. The van der Waals surface area contributed by atoms with Gasteiger partial charge in [-0.2, -0.15) is 0 Å². The summed E-state index contributed by atoms with van der Waals surface area (Å²) < 4.78 is 5.07. The molecule has 0 aliphatic carbocycles. The highest BCUT2D eigenvalue weighted by molar-refractivity contribution is 5.45. The number of ether oxygens (including phenoxy) is 1.